The number of hydrogen-bond donors (Lipinski definition) is 1. The van der Waals surface area contributed by atoms with Gasteiger partial charge in [0.05, 0.1) is 20.6 Å². The van der Waals surface area contributed by atoms with Crippen molar-refractivity contribution in [2.24, 2.45) is 0 Å². The van der Waals surface area contributed by atoms with Gasteiger partial charge in [0, 0.05) is 0 Å². The lowest BCUT2D eigenvalue weighted by Gasteiger charge is -2.02. The molecule has 0 bridgehead atoms. The Balaban J connectivity index is 4.46. The van der Waals surface area contributed by atoms with Gasteiger partial charge in [-0.05, 0) is 36.4 Å². The number of carbonyl (C=O) groups is 1. The van der Waals surface area contributed by atoms with Crippen LogP contribution in [-0.4, -0.2) is 18.1 Å². The van der Waals surface area contributed by atoms with Crippen molar-refractivity contribution in [1.29, 1.82) is 5.41 Å². The van der Waals surface area contributed by atoms with Gasteiger partial charge >= 0.3 is 5.97 Å². The van der Waals surface area contributed by atoms with Crippen molar-refractivity contribution in [1.82, 2.24) is 0 Å². The van der Waals surface area contributed by atoms with E-state index in [1.807, 2.05) is 22.6 Å². The molecule has 0 aliphatic rings. The average Bonchev–Trinajstić information content (AvgIpc) is 2.00. The van der Waals surface area contributed by atoms with Crippen LogP contribution in [0, 0.1) is 5.41 Å². The Bertz CT molecular complexity index is 238. The predicted octanol–water partition coefficient (Wildman–Crippen LogP) is 2.56. The van der Waals surface area contributed by atoms with Gasteiger partial charge in [0.15, 0.2) is 0 Å². The topological polar surface area (TPSA) is 50.2 Å². The molecular weight excluding hydrogens is 289 g/mol. The number of methoxy groups -OCH3 is 1. The summed E-state index contributed by atoms with van der Waals surface area (Å²) in [5.74, 6) is -0.340. The first-order valence-electron chi connectivity index (χ1n) is 3.16. The van der Waals surface area contributed by atoms with E-state index in [0.29, 0.717) is 10.6 Å². The van der Waals surface area contributed by atoms with Crippen LogP contribution < -0.4 is 0 Å². The highest BCUT2D eigenvalue weighted by Crippen LogP contribution is 2.27. The Morgan fingerprint density at radius 3 is 2.33 bits per heavy atom. The summed E-state index contributed by atoms with van der Waals surface area (Å²) in [5.41, 5.74) is 0.551. The maximum absolute atomic E-state index is 11.0. The van der Waals surface area contributed by atoms with Crippen LogP contribution in [0.3, 0.4) is 0 Å². The second-order valence-corrected chi connectivity index (χ2v) is 5.08. The first-order valence-corrected chi connectivity index (χ1v) is 5.06. The number of hydrogen-bond acceptors (Lipinski definition) is 4. The van der Waals surface area contributed by atoms with Crippen LogP contribution in [0.15, 0.2) is 8.48 Å². The number of carbonyl (C=O) groups excluding carboxylic acids is 1. The van der Waals surface area contributed by atoms with E-state index in [4.69, 9.17) is 5.41 Å². The molecule has 0 amide bonds. The van der Waals surface area contributed by atoms with Crippen molar-refractivity contribution >= 4 is 45.4 Å². The molecule has 0 aromatic rings. The van der Waals surface area contributed by atoms with E-state index < -0.39 is 0 Å². The zero-order chi connectivity index (χ0) is 9.72. The highest BCUT2D eigenvalue weighted by atomic mass is 127. The van der Waals surface area contributed by atoms with Gasteiger partial charge in [-0.3, -0.25) is 5.41 Å². The molecule has 5 heteroatoms. The summed E-state index contributed by atoms with van der Waals surface area (Å²) in [6.07, 6.45) is 0. The molecule has 0 atom stereocenters. The van der Waals surface area contributed by atoms with Crippen LogP contribution in [0.2, 0.25) is 0 Å². The number of ether oxygens (including phenoxy) is 1. The SMILES string of the molecule is COC(=O)/C(C)=C(\I)SC(C)=N. The summed E-state index contributed by atoms with van der Waals surface area (Å²) in [4.78, 5) is 11.0. The Kier molecular flexibility index (Phi) is 5.56. The molecule has 0 fully saturated rings. The fourth-order valence-electron chi connectivity index (χ4n) is 0.444. The molecule has 3 nitrogen and oxygen atoms in total. The van der Waals surface area contributed by atoms with Crippen molar-refractivity contribution in [3.8, 4) is 0 Å². The van der Waals surface area contributed by atoms with Gasteiger partial charge in [-0.2, -0.15) is 0 Å². The van der Waals surface area contributed by atoms with Crippen molar-refractivity contribution < 1.29 is 9.53 Å². The fraction of sp³-hybridized carbons (Fsp3) is 0.429. The zero-order valence-electron chi connectivity index (χ0n) is 7.10. The zero-order valence-corrected chi connectivity index (χ0v) is 10.1. The molecule has 0 aromatic carbocycles. The number of esters is 1. The molecule has 0 radical (unpaired) electrons. The molecule has 0 aliphatic heterocycles. The van der Waals surface area contributed by atoms with Gasteiger partial charge in [-0.15, -0.1) is 0 Å². The van der Waals surface area contributed by atoms with Crippen LogP contribution in [0.5, 0.6) is 0 Å². The second kappa shape index (κ2) is 5.58. The Labute approximate surface area is 89.6 Å². The number of halogens is 1. The molecule has 0 spiro atoms. The highest BCUT2D eigenvalue weighted by Gasteiger charge is 2.09. The standard InChI is InChI=1S/C7H10INO2S/c1-4(7(10)11-3)6(8)12-5(2)9/h9H,1-3H3/b6-4+,9-5?. The predicted molar refractivity (Wildman–Crippen MR) is 59.7 cm³/mol. The third-order valence-electron chi connectivity index (χ3n) is 1.03. The largest absolute Gasteiger partial charge is 0.466 e. The van der Waals surface area contributed by atoms with Crippen molar-refractivity contribution in [2.75, 3.05) is 7.11 Å². The summed E-state index contributed by atoms with van der Waals surface area (Å²) in [6.45, 7) is 3.36. The van der Waals surface area contributed by atoms with Crippen molar-refractivity contribution in [2.45, 2.75) is 13.8 Å². The lowest BCUT2D eigenvalue weighted by atomic mass is 10.4. The minimum atomic E-state index is -0.340. The number of thioether (sulfide) groups is 1. The molecule has 0 rings (SSSR count). The third-order valence-corrected chi connectivity index (χ3v) is 3.29. The lowest BCUT2D eigenvalue weighted by molar-refractivity contribution is -0.136. The molecule has 0 heterocycles. The molecule has 0 aliphatic carbocycles. The Morgan fingerprint density at radius 2 is 2.00 bits per heavy atom. The van der Waals surface area contributed by atoms with E-state index in [-0.39, 0.29) is 5.97 Å². The molecule has 68 valence electrons. The van der Waals surface area contributed by atoms with E-state index in [1.165, 1.54) is 18.9 Å². The molecule has 0 saturated heterocycles. The maximum Gasteiger partial charge on any atom is 0.335 e. The van der Waals surface area contributed by atoms with Crippen LogP contribution >= 0.6 is 34.4 Å². The quantitative estimate of drug-likeness (QED) is 0.280. The van der Waals surface area contributed by atoms with Crippen LogP contribution in [0.1, 0.15) is 13.8 Å². The molecule has 0 saturated carbocycles. The van der Waals surface area contributed by atoms with E-state index >= 15 is 0 Å². The van der Waals surface area contributed by atoms with E-state index in [9.17, 15) is 4.79 Å². The monoisotopic (exact) mass is 299 g/mol. The minimum absolute atomic E-state index is 0.340. The van der Waals surface area contributed by atoms with E-state index in [0.717, 1.165) is 2.91 Å². The van der Waals surface area contributed by atoms with Gasteiger partial charge in [-0.1, -0.05) is 11.8 Å². The van der Waals surface area contributed by atoms with Crippen molar-refractivity contribution in [3.05, 3.63) is 8.48 Å². The minimum Gasteiger partial charge on any atom is -0.466 e. The Hall–Kier alpha value is -0.0400. The molecule has 1 N–H and O–H groups in total. The van der Waals surface area contributed by atoms with E-state index in [1.54, 1.807) is 13.8 Å². The molecule has 0 aromatic heterocycles. The summed E-state index contributed by atoms with van der Waals surface area (Å²) in [6, 6.07) is 0. The van der Waals surface area contributed by atoms with Crippen LogP contribution in [0.25, 0.3) is 0 Å². The fourth-order valence-corrected chi connectivity index (χ4v) is 2.16. The number of rotatable bonds is 2. The molecule has 12 heavy (non-hydrogen) atoms. The normalized spacial score (nSPS) is 12.0. The average molecular weight is 299 g/mol. The maximum atomic E-state index is 11.0. The van der Waals surface area contributed by atoms with Crippen molar-refractivity contribution in [3.63, 3.8) is 0 Å². The lowest BCUT2D eigenvalue weighted by Crippen LogP contribution is -2.02. The summed E-state index contributed by atoms with van der Waals surface area (Å²) in [7, 11) is 1.34. The van der Waals surface area contributed by atoms with Gasteiger partial charge < -0.3 is 4.74 Å². The van der Waals surface area contributed by atoms with Crippen LogP contribution in [0.4, 0.5) is 0 Å². The third kappa shape index (κ3) is 4.10. The van der Waals surface area contributed by atoms with E-state index in [2.05, 4.69) is 4.74 Å². The first kappa shape index (κ1) is 12.0. The van der Waals surface area contributed by atoms with Gasteiger partial charge in [-0.25, -0.2) is 4.79 Å². The van der Waals surface area contributed by atoms with Crippen LogP contribution in [-0.2, 0) is 9.53 Å². The number of nitrogens with one attached hydrogen (secondary N) is 1. The Morgan fingerprint density at radius 1 is 1.50 bits per heavy atom. The second-order valence-electron chi connectivity index (χ2n) is 2.05. The van der Waals surface area contributed by atoms with Gasteiger partial charge in [0.2, 0.25) is 0 Å². The summed E-state index contributed by atoms with van der Waals surface area (Å²) < 4.78 is 5.31. The van der Waals surface area contributed by atoms with Gasteiger partial charge in [0.1, 0.15) is 0 Å². The first-order chi connectivity index (χ1) is 5.49. The van der Waals surface area contributed by atoms with Gasteiger partial charge in [0.25, 0.3) is 0 Å². The summed E-state index contributed by atoms with van der Waals surface area (Å²) in [5, 5.41) is 7.65. The summed E-state index contributed by atoms with van der Waals surface area (Å²) >= 11 is 3.28. The smallest absolute Gasteiger partial charge is 0.335 e. The molecule has 0 unspecified atom stereocenters. The molecular formula is C7H10INO2S. The highest BCUT2D eigenvalue weighted by molar-refractivity contribution is 14.1.